The summed E-state index contributed by atoms with van der Waals surface area (Å²) in [6.07, 6.45) is -1.32. The summed E-state index contributed by atoms with van der Waals surface area (Å²) in [5.74, 6) is -2.21. The van der Waals surface area contributed by atoms with Gasteiger partial charge < -0.3 is 19.1 Å². The topological polar surface area (TPSA) is 113 Å². The van der Waals surface area contributed by atoms with Crippen molar-refractivity contribution in [3.8, 4) is 0 Å². The van der Waals surface area contributed by atoms with E-state index in [0.717, 1.165) is 0 Å². The van der Waals surface area contributed by atoms with Gasteiger partial charge in [0.05, 0.1) is 16.7 Å². The van der Waals surface area contributed by atoms with Crippen LogP contribution in [-0.4, -0.2) is 27.6 Å². The third-order valence-electron chi connectivity index (χ3n) is 3.77. The lowest BCUT2D eigenvalue weighted by atomic mass is 10.1. The van der Waals surface area contributed by atoms with Crippen molar-refractivity contribution in [2.45, 2.75) is 16.1 Å². The summed E-state index contributed by atoms with van der Waals surface area (Å²) in [4.78, 5) is 35.2. The lowest BCUT2D eigenvalue weighted by Gasteiger charge is -2.11. The number of hydrogen-bond acceptors (Lipinski definition) is 7. The number of carbonyl (C=O) groups excluding carboxylic acids is 3. The summed E-state index contributed by atoms with van der Waals surface area (Å²) >= 11 is -1.69. The minimum atomic E-state index is -1.69. The van der Waals surface area contributed by atoms with Crippen molar-refractivity contribution in [2.75, 3.05) is 0 Å². The molecule has 4 rings (SSSR count). The van der Waals surface area contributed by atoms with Crippen LogP contribution in [0.5, 0.6) is 0 Å². The molecule has 2 aliphatic heterocycles. The van der Waals surface area contributed by atoms with E-state index in [0.29, 0.717) is 10.5 Å². The molecule has 120 valence electrons. The Hall–Kier alpha value is -2.68. The highest BCUT2D eigenvalue weighted by Crippen LogP contribution is 2.33. The highest BCUT2D eigenvalue weighted by molar-refractivity contribution is 7.91. The molecule has 1 N–H and O–H groups in total. The molecule has 8 heteroatoms. The molecule has 0 saturated heterocycles. The highest BCUT2D eigenvalue weighted by atomic mass is 32.2. The normalized spacial score (nSPS) is 19.6. The number of hydrogen-bond donors (Lipinski definition) is 1. The number of rotatable bonds is 2. The van der Waals surface area contributed by atoms with Crippen LogP contribution in [0.1, 0.15) is 42.9 Å². The Morgan fingerprint density at radius 3 is 2.25 bits per heavy atom. The van der Waals surface area contributed by atoms with E-state index in [1.54, 1.807) is 0 Å². The van der Waals surface area contributed by atoms with Crippen molar-refractivity contribution < 1.29 is 33.5 Å². The summed E-state index contributed by atoms with van der Waals surface area (Å²) in [6, 6.07) is 8.50. The average Bonchev–Trinajstić information content (AvgIpc) is 3.02. The van der Waals surface area contributed by atoms with Gasteiger partial charge in [0.2, 0.25) is 6.29 Å². The number of aliphatic hydroxyl groups excluding tert-OH is 1. The Morgan fingerprint density at radius 2 is 1.50 bits per heavy atom. The summed E-state index contributed by atoms with van der Waals surface area (Å²) in [5.41, 5.74) is 0.635. The first-order valence-electron chi connectivity index (χ1n) is 6.81. The maximum absolute atomic E-state index is 12.7. The van der Waals surface area contributed by atoms with Gasteiger partial charge in [-0.3, -0.25) is 0 Å². The molecule has 0 amide bonds. The second-order valence-electron chi connectivity index (χ2n) is 5.16. The van der Waals surface area contributed by atoms with Crippen LogP contribution in [0.15, 0.2) is 46.2 Å². The van der Waals surface area contributed by atoms with Crippen LogP contribution in [0, 0.1) is 0 Å². The van der Waals surface area contributed by atoms with E-state index >= 15 is 0 Å². The van der Waals surface area contributed by atoms with Crippen LogP contribution in [0.25, 0.3) is 0 Å². The summed E-state index contributed by atoms with van der Waals surface area (Å²) in [5, 5.41) is 9.56. The van der Waals surface area contributed by atoms with Crippen molar-refractivity contribution in [1.82, 2.24) is 0 Å². The number of carbonyl (C=O) groups is 3. The fourth-order valence-electron chi connectivity index (χ4n) is 2.59. The SMILES string of the molecule is O=C1OC(=O)c2cc([S+]([O-])c3ccc4c(c3)C(=O)OC4O)ccc21. The van der Waals surface area contributed by atoms with Crippen LogP contribution in [0.3, 0.4) is 0 Å². The molecule has 2 aromatic rings. The zero-order valence-electron chi connectivity index (χ0n) is 11.8. The molecule has 0 saturated carbocycles. The lowest BCUT2D eigenvalue weighted by Crippen LogP contribution is -2.06. The molecular formula is C16H8O7S. The maximum Gasteiger partial charge on any atom is 0.347 e. The first kappa shape index (κ1) is 14.9. The van der Waals surface area contributed by atoms with Gasteiger partial charge in [-0.2, -0.15) is 0 Å². The zero-order chi connectivity index (χ0) is 17.0. The third-order valence-corrected chi connectivity index (χ3v) is 5.14. The fourth-order valence-corrected chi connectivity index (χ4v) is 3.69. The van der Waals surface area contributed by atoms with E-state index in [9.17, 15) is 24.0 Å². The smallest absolute Gasteiger partial charge is 0.347 e. The van der Waals surface area contributed by atoms with E-state index in [1.165, 1.54) is 36.4 Å². The number of benzene rings is 2. The van der Waals surface area contributed by atoms with Gasteiger partial charge in [0.1, 0.15) is 0 Å². The summed E-state index contributed by atoms with van der Waals surface area (Å²) < 4.78 is 21.9. The molecule has 2 aliphatic rings. The second kappa shape index (κ2) is 5.17. The molecule has 0 bridgehead atoms. The molecule has 0 radical (unpaired) electrons. The fraction of sp³-hybridized carbons (Fsp3) is 0.0625. The molecular weight excluding hydrogens is 336 g/mol. The first-order chi connectivity index (χ1) is 11.5. The van der Waals surface area contributed by atoms with Crippen LogP contribution in [-0.2, 0) is 20.6 Å². The van der Waals surface area contributed by atoms with Gasteiger partial charge in [0.25, 0.3) is 0 Å². The van der Waals surface area contributed by atoms with Crippen molar-refractivity contribution in [3.05, 3.63) is 58.7 Å². The highest BCUT2D eigenvalue weighted by Gasteiger charge is 2.33. The monoisotopic (exact) mass is 344 g/mol. The molecule has 24 heavy (non-hydrogen) atoms. The first-order valence-corrected chi connectivity index (χ1v) is 7.96. The van der Waals surface area contributed by atoms with Gasteiger partial charge in [0, 0.05) is 28.9 Å². The van der Waals surface area contributed by atoms with Crippen molar-refractivity contribution >= 4 is 29.1 Å². The van der Waals surface area contributed by atoms with Crippen LogP contribution < -0.4 is 0 Å². The molecule has 0 spiro atoms. The standard InChI is InChI=1S/C16H8O7S/c17-13-9-3-1-7(5-11(9)15(19)22-13)24(21)8-2-4-10-12(6-8)16(20)23-14(10)18/h1-6,13,17H. The van der Waals surface area contributed by atoms with Gasteiger partial charge >= 0.3 is 17.9 Å². The molecule has 0 aromatic heterocycles. The van der Waals surface area contributed by atoms with Crippen molar-refractivity contribution in [1.29, 1.82) is 0 Å². The quantitative estimate of drug-likeness (QED) is 0.496. The Labute approximate surface area is 138 Å². The average molecular weight is 344 g/mol. The van der Waals surface area contributed by atoms with Gasteiger partial charge in [-0.25, -0.2) is 14.4 Å². The third kappa shape index (κ3) is 2.12. The number of ether oxygens (including phenoxy) is 2. The number of aliphatic hydroxyl groups is 1. The molecule has 7 nitrogen and oxygen atoms in total. The van der Waals surface area contributed by atoms with E-state index in [-0.39, 0.29) is 21.6 Å². The zero-order valence-corrected chi connectivity index (χ0v) is 12.7. The van der Waals surface area contributed by atoms with E-state index in [4.69, 9.17) is 0 Å². The Balaban J connectivity index is 1.73. The number of esters is 3. The molecule has 2 aromatic carbocycles. The van der Waals surface area contributed by atoms with E-state index in [1.807, 2.05) is 0 Å². The largest absolute Gasteiger partial charge is 0.606 e. The predicted molar refractivity (Wildman–Crippen MR) is 77.7 cm³/mol. The summed E-state index contributed by atoms with van der Waals surface area (Å²) in [6.45, 7) is 0. The summed E-state index contributed by atoms with van der Waals surface area (Å²) in [7, 11) is 0. The minimum Gasteiger partial charge on any atom is -0.606 e. The van der Waals surface area contributed by atoms with Crippen LogP contribution in [0.2, 0.25) is 0 Å². The molecule has 2 unspecified atom stereocenters. The van der Waals surface area contributed by atoms with Gasteiger partial charge in [-0.1, -0.05) is 0 Å². The molecule has 2 heterocycles. The Kier molecular flexibility index (Phi) is 3.20. The molecule has 0 fully saturated rings. The number of fused-ring (bicyclic) bond motifs is 2. The predicted octanol–water partition coefficient (Wildman–Crippen LogP) is 1.33. The lowest BCUT2D eigenvalue weighted by molar-refractivity contribution is -0.0548. The van der Waals surface area contributed by atoms with E-state index in [2.05, 4.69) is 9.47 Å². The van der Waals surface area contributed by atoms with Crippen molar-refractivity contribution in [3.63, 3.8) is 0 Å². The van der Waals surface area contributed by atoms with Gasteiger partial charge in [0.15, 0.2) is 9.79 Å². The van der Waals surface area contributed by atoms with Crippen LogP contribution in [0.4, 0.5) is 0 Å². The van der Waals surface area contributed by atoms with E-state index < -0.39 is 35.4 Å². The second-order valence-corrected chi connectivity index (χ2v) is 6.64. The van der Waals surface area contributed by atoms with Gasteiger partial charge in [-0.15, -0.1) is 0 Å². The Morgan fingerprint density at radius 1 is 0.875 bits per heavy atom. The van der Waals surface area contributed by atoms with Crippen molar-refractivity contribution in [2.24, 2.45) is 0 Å². The minimum absolute atomic E-state index is 0.0573. The maximum atomic E-state index is 12.7. The number of cyclic esters (lactones) is 3. The van der Waals surface area contributed by atoms with Crippen LogP contribution >= 0.6 is 0 Å². The molecule has 2 atom stereocenters. The molecule has 0 aliphatic carbocycles. The van der Waals surface area contributed by atoms with Gasteiger partial charge in [-0.05, 0) is 24.3 Å². The Bertz CT molecular complexity index is 921.